The van der Waals surface area contributed by atoms with Gasteiger partial charge in [0.1, 0.15) is 11.5 Å². The van der Waals surface area contributed by atoms with Gasteiger partial charge in [0.05, 0.1) is 0 Å². The number of aryl methyl sites for hydroxylation is 1. The Bertz CT molecular complexity index is 1090. The van der Waals surface area contributed by atoms with Crippen LogP contribution in [0.15, 0.2) is 95.9 Å². The highest BCUT2D eigenvalue weighted by Gasteiger charge is 2.28. The lowest BCUT2D eigenvalue weighted by molar-refractivity contribution is -0.119. The Hall–Kier alpha value is -3.66. The van der Waals surface area contributed by atoms with E-state index in [0.29, 0.717) is 18.0 Å². The molecule has 1 aromatic heterocycles. The number of H-pyrrole nitrogens is 1. The number of amides is 1. The summed E-state index contributed by atoms with van der Waals surface area (Å²) in [7, 11) is 0. The van der Waals surface area contributed by atoms with Gasteiger partial charge < -0.3 is 4.98 Å². The summed E-state index contributed by atoms with van der Waals surface area (Å²) in [5.74, 6) is 0.599. The second-order valence-corrected chi connectivity index (χ2v) is 7.25. The molecule has 1 amide bonds. The summed E-state index contributed by atoms with van der Waals surface area (Å²) in [6.45, 7) is 2.11. The molecular weight excluding hydrogens is 370 g/mol. The van der Waals surface area contributed by atoms with Crippen molar-refractivity contribution in [1.29, 1.82) is 0 Å². The van der Waals surface area contributed by atoms with Crippen molar-refractivity contribution in [2.75, 3.05) is 0 Å². The smallest absolute Gasteiger partial charge is 0.278 e. The minimum atomic E-state index is -0.0749. The van der Waals surface area contributed by atoms with Crippen molar-refractivity contribution in [3.8, 4) is 0 Å². The molecule has 4 nitrogen and oxygen atoms in total. The highest BCUT2D eigenvalue weighted by atomic mass is 16.2. The predicted molar refractivity (Wildman–Crippen MR) is 122 cm³/mol. The highest BCUT2D eigenvalue weighted by molar-refractivity contribution is 6.41. The van der Waals surface area contributed by atoms with Crippen LogP contribution in [0.3, 0.4) is 0 Å². The van der Waals surface area contributed by atoms with Gasteiger partial charge in [-0.15, -0.1) is 0 Å². The number of allylic oxidation sites excluding steroid dienone is 1. The first kappa shape index (κ1) is 19.6. The third-order valence-corrected chi connectivity index (χ3v) is 5.09. The number of nitrogens with zero attached hydrogens (tertiary/aromatic N) is 2. The van der Waals surface area contributed by atoms with Crippen molar-refractivity contribution >= 4 is 17.7 Å². The lowest BCUT2D eigenvalue weighted by Crippen LogP contribution is -2.25. The van der Waals surface area contributed by atoms with Crippen LogP contribution >= 0.6 is 0 Å². The van der Waals surface area contributed by atoms with Crippen molar-refractivity contribution in [2.24, 2.45) is 4.99 Å². The van der Waals surface area contributed by atoms with Crippen LogP contribution in [0.2, 0.25) is 0 Å². The van der Waals surface area contributed by atoms with E-state index < -0.39 is 0 Å². The normalized spacial score (nSPS) is 15.4. The van der Waals surface area contributed by atoms with Crippen LogP contribution in [-0.4, -0.2) is 21.5 Å². The first-order chi connectivity index (χ1) is 14.7. The van der Waals surface area contributed by atoms with Gasteiger partial charge in [-0.2, -0.15) is 0 Å². The zero-order chi connectivity index (χ0) is 20.8. The fraction of sp³-hybridized carbons (Fsp3) is 0.154. The summed E-state index contributed by atoms with van der Waals surface area (Å²) in [5, 5.41) is 0. The molecule has 0 spiro atoms. The molecule has 0 fully saturated rings. The molecule has 0 saturated carbocycles. The summed E-state index contributed by atoms with van der Waals surface area (Å²) in [6.07, 6.45) is 7.93. The molecule has 0 saturated heterocycles. The molecule has 2 aromatic carbocycles. The van der Waals surface area contributed by atoms with Gasteiger partial charge in [-0.3, -0.25) is 9.69 Å². The molecule has 30 heavy (non-hydrogen) atoms. The summed E-state index contributed by atoms with van der Waals surface area (Å²) in [4.78, 5) is 22.8. The summed E-state index contributed by atoms with van der Waals surface area (Å²) >= 11 is 0. The number of hydrogen-bond acceptors (Lipinski definition) is 2. The fourth-order valence-electron chi connectivity index (χ4n) is 3.41. The fourth-order valence-corrected chi connectivity index (χ4v) is 3.41. The van der Waals surface area contributed by atoms with Crippen LogP contribution in [-0.2, 0) is 24.1 Å². The largest absolute Gasteiger partial charge is 0.362 e. The van der Waals surface area contributed by atoms with Gasteiger partial charge in [0.2, 0.25) is 0 Å². The summed E-state index contributed by atoms with van der Waals surface area (Å²) in [5.41, 5.74) is 4.95. The predicted octanol–water partition coefficient (Wildman–Crippen LogP) is 5.16. The topological polar surface area (TPSA) is 48.5 Å². The van der Waals surface area contributed by atoms with Crippen LogP contribution in [0.1, 0.15) is 29.4 Å². The number of hydrogen-bond donors (Lipinski definition) is 1. The minimum Gasteiger partial charge on any atom is -0.362 e. The molecule has 0 aliphatic carbocycles. The second kappa shape index (κ2) is 9.23. The Morgan fingerprint density at radius 1 is 0.933 bits per heavy atom. The van der Waals surface area contributed by atoms with E-state index in [0.717, 1.165) is 29.8 Å². The number of carbonyl (C=O) groups is 1. The maximum atomic E-state index is 13.1. The Kier molecular flexibility index (Phi) is 6.04. The number of nitrogens with one attached hydrogen (secondary N) is 1. The zero-order valence-corrected chi connectivity index (χ0v) is 17.1. The van der Waals surface area contributed by atoms with Gasteiger partial charge in [-0.1, -0.05) is 67.6 Å². The highest BCUT2D eigenvalue weighted by Crippen LogP contribution is 2.21. The molecule has 0 radical (unpaired) electrons. The van der Waals surface area contributed by atoms with Crippen LogP contribution < -0.4 is 0 Å². The van der Waals surface area contributed by atoms with E-state index >= 15 is 0 Å². The molecule has 150 valence electrons. The van der Waals surface area contributed by atoms with Crippen LogP contribution in [0.25, 0.3) is 6.08 Å². The van der Waals surface area contributed by atoms with Crippen molar-refractivity contribution in [1.82, 2.24) is 9.88 Å². The lowest BCUT2D eigenvalue weighted by atomic mass is 10.1. The van der Waals surface area contributed by atoms with E-state index in [9.17, 15) is 4.79 Å². The van der Waals surface area contributed by atoms with E-state index in [-0.39, 0.29) is 5.91 Å². The second-order valence-electron chi connectivity index (χ2n) is 7.25. The lowest BCUT2D eigenvalue weighted by Gasteiger charge is -2.11. The van der Waals surface area contributed by atoms with Gasteiger partial charge in [-0.05, 0) is 48.3 Å². The van der Waals surface area contributed by atoms with Crippen LogP contribution in [0.5, 0.6) is 0 Å². The third kappa shape index (κ3) is 4.66. The Morgan fingerprint density at radius 3 is 2.33 bits per heavy atom. The monoisotopic (exact) mass is 395 g/mol. The van der Waals surface area contributed by atoms with Crippen LogP contribution in [0.4, 0.5) is 0 Å². The number of rotatable bonds is 7. The van der Waals surface area contributed by atoms with E-state index in [1.807, 2.05) is 72.9 Å². The maximum Gasteiger partial charge on any atom is 0.278 e. The van der Waals surface area contributed by atoms with Crippen molar-refractivity contribution in [3.05, 3.63) is 113 Å². The van der Waals surface area contributed by atoms with E-state index in [1.165, 1.54) is 5.56 Å². The van der Waals surface area contributed by atoms with Crippen LogP contribution in [0, 0.1) is 0 Å². The van der Waals surface area contributed by atoms with Crippen molar-refractivity contribution in [2.45, 2.75) is 26.2 Å². The molecule has 2 heterocycles. The first-order valence-corrected chi connectivity index (χ1v) is 10.3. The molecule has 0 bridgehead atoms. The average Bonchev–Trinajstić information content (AvgIpc) is 3.37. The number of aromatic nitrogens is 1. The van der Waals surface area contributed by atoms with Gasteiger partial charge >= 0.3 is 0 Å². The molecule has 4 heteroatoms. The average molecular weight is 396 g/mol. The van der Waals surface area contributed by atoms with Gasteiger partial charge in [0.15, 0.2) is 0 Å². The van der Waals surface area contributed by atoms with Crippen molar-refractivity contribution in [3.63, 3.8) is 0 Å². The van der Waals surface area contributed by atoms with Gasteiger partial charge in [-0.25, -0.2) is 4.99 Å². The first-order valence-electron chi connectivity index (χ1n) is 10.3. The zero-order valence-electron chi connectivity index (χ0n) is 17.1. The number of aliphatic imine (C=N–C) groups is 1. The quantitative estimate of drug-likeness (QED) is 0.590. The molecule has 4 rings (SSSR count). The minimum absolute atomic E-state index is 0.0749. The van der Waals surface area contributed by atoms with Gasteiger partial charge in [0, 0.05) is 24.0 Å². The third-order valence-electron chi connectivity index (χ3n) is 5.09. The summed E-state index contributed by atoms with van der Waals surface area (Å²) < 4.78 is 0. The Labute approximate surface area is 177 Å². The molecular formula is C26H25N3O. The Morgan fingerprint density at radius 2 is 1.63 bits per heavy atom. The van der Waals surface area contributed by atoms with Gasteiger partial charge in [0.25, 0.3) is 5.91 Å². The molecule has 0 unspecified atom stereocenters. The SMILES string of the molecule is CCc1ccc(CC2=N/C(=C\Cc3ccccc3)N(/C=C/c3ccccc3)C2=O)[nH]1. The standard InChI is InChI=1S/C26H25N3O/c1-2-22-14-15-23(27-22)19-24-26(30)29(18-17-21-11-7-4-8-12-21)25(28-24)16-13-20-9-5-3-6-10-20/h3-12,14-18,27H,2,13,19H2,1H3/b18-17+,25-16+. The number of aromatic amines is 1. The molecule has 1 N–H and O–H groups in total. The Balaban J connectivity index is 1.59. The van der Waals surface area contributed by atoms with E-state index in [4.69, 9.17) is 4.99 Å². The number of benzene rings is 2. The molecule has 0 atom stereocenters. The summed E-state index contributed by atoms with van der Waals surface area (Å²) in [6, 6.07) is 24.3. The molecule has 1 aliphatic heterocycles. The maximum absolute atomic E-state index is 13.1. The molecule has 1 aliphatic rings. The van der Waals surface area contributed by atoms with E-state index in [2.05, 4.69) is 30.1 Å². The number of carbonyl (C=O) groups excluding carboxylic acids is 1. The van der Waals surface area contributed by atoms with E-state index in [1.54, 1.807) is 4.90 Å². The molecule has 3 aromatic rings. The van der Waals surface area contributed by atoms with Crippen molar-refractivity contribution < 1.29 is 4.79 Å².